The molecule has 1 aromatic heterocycles. The fourth-order valence-electron chi connectivity index (χ4n) is 2.19. The summed E-state index contributed by atoms with van der Waals surface area (Å²) in [7, 11) is 0. The second-order valence-electron chi connectivity index (χ2n) is 5.36. The maximum absolute atomic E-state index is 11.7. The number of carbonyl (C=O) groups is 1. The SMILES string of the molecule is CCCC(C)NC(=O)/C=C/c1cn(Cc2ccccc2)nn1. The molecule has 5 nitrogen and oxygen atoms in total. The van der Waals surface area contributed by atoms with Gasteiger partial charge in [-0.3, -0.25) is 4.79 Å². The Bertz CT molecular complexity index is 619. The number of hydrogen-bond donors (Lipinski definition) is 1. The molecule has 1 amide bonds. The molecule has 0 fully saturated rings. The van der Waals surface area contributed by atoms with Gasteiger partial charge in [0.25, 0.3) is 0 Å². The van der Waals surface area contributed by atoms with Crippen molar-refractivity contribution < 1.29 is 4.79 Å². The Hall–Kier alpha value is -2.43. The highest BCUT2D eigenvalue weighted by Gasteiger charge is 2.04. The van der Waals surface area contributed by atoms with Crippen molar-refractivity contribution in [2.45, 2.75) is 39.3 Å². The number of aromatic nitrogens is 3. The van der Waals surface area contributed by atoms with Crippen LogP contribution in [0.5, 0.6) is 0 Å². The van der Waals surface area contributed by atoms with Gasteiger partial charge in [-0.05, 0) is 25.0 Å². The van der Waals surface area contributed by atoms with Crippen LogP contribution in [0.25, 0.3) is 6.08 Å². The highest BCUT2D eigenvalue weighted by Crippen LogP contribution is 2.03. The van der Waals surface area contributed by atoms with E-state index in [2.05, 4.69) is 22.6 Å². The van der Waals surface area contributed by atoms with Crippen LogP contribution in [0.2, 0.25) is 0 Å². The molecule has 0 aliphatic rings. The van der Waals surface area contributed by atoms with Gasteiger partial charge in [-0.25, -0.2) is 4.68 Å². The van der Waals surface area contributed by atoms with Crippen molar-refractivity contribution in [2.24, 2.45) is 0 Å². The van der Waals surface area contributed by atoms with Gasteiger partial charge in [-0.15, -0.1) is 5.10 Å². The Labute approximate surface area is 131 Å². The fourth-order valence-corrected chi connectivity index (χ4v) is 2.19. The van der Waals surface area contributed by atoms with Crippen LogP contribution >= 0.6 is 0 Å². The molecule has 1 unspecified atom stereocenters. The van der Waals surface area contributed by atoms with E-state index in [9.17, 15) is 4.79 Å². The number of rotatable bonds is 7. The highest BCUT2D eigenvalue weighted by atomic mass is 16.1. The van der Waals surface area contributed by atoms with E-state index in [0.717, 1.165) is 18.4 Å². The zero-order chi connectivity index (χ0) is 15.8. The molecule has 2 aromatic rings. The second-order valence-corrected chi connectivity index (χ2v) is 5.36. The minimum atomic E-state index is -0.0986. The van der Waals surface area contributed by atoms with E-state index in [1.807, 2.05) is 43.5 Å². The first-order chi connectivity index (χ1) is 10.7. The van der Waals surface area contributed by atoms with E-state index in [1.165, 1.54) is 6.08 Å². The van der Waals surface area contributed by atoms with E-state index in [-0.39, 0.29) is 11.9 Å². The standard InChI is InChI=1S/C17H22N4O/c1-3-7-14(2)18-17(22)11-10-16-13-21(20-19-16)12-15-8-5-4-6-9-15/h4-6,8-11,13-14H,3,7,12H2,1-2H3,(H,18,22)/b11-10+. The number of hydrogen-bond acceptors (Lipinski definition) is 3. The van der Waals surface area contributed by atoms with E-state index in [1.54, 1.807) is 10.8 Å². The molecule has 0 saturated heterocycles. The van der Waals surface area contributed by atoms with Gasteiger partial charge in [0.2, 0.25) is 5.91 Å². The van der Waals surface area contributed by atoms with Gasteiger partial charge in [0.15, 0.2) is 0 Å². The maximum Gasteiger partial charge on any atom is 0.244 e. The molecule has 1 aromatic carbocycles. The zero-order valence-corrected chi connectivity index (χ0v) is 13.1. The molecule has 1 N–H and O–H groups in total. The van der Waals surface area contributed by atoms with Gasteiger partial charge in [0.05, 0.1) is 12.7 Å². The smallest absolute Gasteiger partial charge is 0.244 e. The van der Waals surface area contributed by atoms with Crippen molar-refractivity contribution in [3.8, 4) is 0 Å². The molecule has 0 radical (unpaired) electrons. The summed E-state index contributed by atoms with van der Waals surface area (Å²) in [6.07, 6.45) is 7.05. The predicted octanol–water partition coefficient (Wildman–Crippen LogP) is 2.64. The number of amides is 1. The van der Waals surface area contributed by atoms with Crippen LogP contribution in [0, 0.1) is 0 Å². The van der Waals surface area contributed by atoms with Crippen LogP contribution < -0.4 is 5.32 Å². The first-order valence-electron chi connectivity index (χ1n) is 7.60. The van der Waals surface area contributed by atoms with Crippen LogP contribution in [0.1, 0.15) is 37.9 Å². The summed E-state index contributed by atoms with van der Waals surface area (Å²) in [5, 5.41) is 11.0. The molecule has 0 aliphatic carbocycles. The quantitative estimate of drug-likeness (QED) is 0.799. The first-order valence-corrected chi connectivity index (χ1v) is 7.60. The predicted molar refractivity (Wildman–Crippen MR) is 87.1 cm³/mol. The van der Waals surface area contributed by atoms with Crippen LogP contribution in [0.3, 0.4) is 0 Å². The largest absolute Gasteiger partial charge is 0.350 e. The average Bonchev–Trinajstić information content (AvgIpc) is 2.94. The Morgan fingerprint density at radius 3 is 2.86 bits per heavy atom. The van der Waals surface area contributed by atoms with Crippen molar-refractivity contribution >= 4 is 12.0 Å². The van der Waals surface area contributed by atoms with E-state index >= 15 is 0 Å². The normalized spacial score (nSPS) is 12.5. The first kappa shape index (κ1) is 15.9. The van der Waals surface area contributed by atoms with Crippen LogP contribution in [0.4, 0.5) is 0 Å². The average molecular weight is 298 g/mol. The van der Waals surface area contributed by atoms with Gasteiger partial charge in [0, 0.05) is 12.1 Å². The monoisotopic (exact) mass is 298 g/mol. The molecule has 22 heavy (non-hydrogen) atoms. The van der Waals surface area contributed by atoms with Gasteiger partial charge in [-0.1, -0.05) is 48.9 Å². The molecule has 0 spiro atoms. The van der Waals surface area contributed by atoms with Gasteiger partial charge in [0.1, 0.15) is 5.69 Å². The Balaban J connectivity index is 1.89. The lowest BCUT2D eigenvalue weighted by Gasteiger charge is -2.10. The molecular weight excluding hydrogens is 276 g/mol. The van der Waals surface area contributed by atoms with Crippen molar-refractivity contribution in [3.05, 3.63) is 53.9 Å². The minimum Gasteiger partial charge on any atom is -0.350 e. The summed E-state index contributed by atoms with van der Waals surface area (Å²) in [6.45, 7) is 4.77. The molecule has 116 valence electrons. The van der Waals surface area contributed by atoms with Crippen LogP contribution in [-0.2, 0) is 11.3 Å². The van der Waals surface area contributed by atoms with E-state index < -0.39 is 0 Å². The lowest BCUT2D eigenvalue weighted by atomic mass is 10.2. The van der Waals surface area contributed by atoms with Crippen molar-refractivity contribution in [2.75, 3.05) is 0 Å². The molecule has 5 heteroatoms. The Morgan fingerprint density at radius 1 is 1.36 bits per heavy atom. The molecule has 0 saturated carbocycles. The summed E-state index contributed by atoms with van der Waals surface area (Å²) in [5.74, 6) is -0.0986. The summed E-state index contributed by atoms with van der Waals surface area (Å²) in [4.78, 5) is 11.7. The van der Waals surface area contributed by atoms with Crippen molar-refractivity contribution in [1.29, 1.82) is 0 Å². The molecule has 0 aliphatic heterocycles. The lowest BCUT2D eigenvalue weighted by molar-refractivity contribution is -0.117. The lowest BCUT2D eigenvalue weighted by Crippen LogP contribution is -2.30. The maximum atomic E-state index is 11.7. The summed E-state index contributed by atoms with van der Waals surface area (Å²) >= 11 is 0. The van der Waals surface area contributed by atoms with Crippen molar-refractivity contribution in [3.63, 3.8) is 0 Å². The molecule has 0 bridgehead atoms. The number of benzene rings is 1. The van der Waals surface area contributed by atoms with Crippen molar-refractivity contribution in [1.82, 2.24) is 20.3 Å². The van der Waals surface area contributed by atoms with Crippen LogP contribution in [0.15, 0.2) is 42.6 Å². The van der Waals surface area contributed by atoms with E-state index in [4.69, 9.17) is 0 Å². The summed E-state index contributed by atoms with van der Waals surface area (Å²) in [5.41, 5.74) is 1.84. The molecule has 1 atom stereocenters. The third kappa shape index (κ3) is 5.16. The summed E-state index contributed by atoms with van der Waals surface area (Å²) < 4.78 is 1.76. The topological polar surface area (TPSA) is 59.8 Å². The third-order valence-corrected chi connectivity index (χ3v) is 3.26. The van der Waals surface area contributed by atoms with E-state index in [0.29, 0.717) is 12.2 Å². The van der Waals surface area contributed by atoms with Gasteiger partial charge in [-0.2, -0.15) is 0 Å². The summed E-state index contributed by atoms with van der Waals surface area (Å²) in [6, 6.07) is 10.2. The Kier molecular flexibility index (Phi) is 5.89. The Morgan fingerprint density at radius 2 is 2.14 bits per heavy atom. The van der Waals surface area contributed by atoms with Crippen LogP contribution in [-0.4, -0.2) is 26.9 Å². The third-order valence-electron chi connectivity index (χ3n) is 3.26. The van der Waals surface area contributed by atoms with Gasteiger partial charge >= 0.3 is 0 Å². The zero-order valence-electron chi connectivity index (χ0n) is 13.1. The van der Waals surface area contributed by atoms with Gasteiger partial charge < -0.3 is 5.32 Å². The molecule has 2 rings (SSSR count). The molecule has 1 heterocycles. The number of carbonyl (C=O) groups excluding carboxylic acids is 1. The second kappa shape index (κ2) is 8.12. The number of nitrogens with zero attached hydrogens (tertiary/aromatic N) is 3. The number of nitrogens with one attached hydrogen (secondary N) is 1. The molecular formula is C17H22N4O. The highest BCUT2D eigenvalue weighted by molar-refractivity contribution is 5.91. The minimum absolute atomic E-state index is 0.0986. The fraction of sp³-hybridized carbons (Fsp3) is 0.353.